The molecule has 6 heteroatoms. The lowest BCUT2D eigenvalue weighted by Gasteiger charge is -2.12. The first-order chi connectivity index (χ1) is 13.5. The van der Waals surface area contributed by atoms with E-state index in [4.69, 9.17) is 14.5 Å². The van der Waals surface area contributed by atoms with Crippen LogP contribution in [0.1, 0.15) is 42.9 Å². The molecule has 0 aliphatic heterocycles. The summed E-state index contributed by atoms with van der Waals surface area (Å²) in [6.45, 7) is 0. The number of hydrogen-bond donors (Lipinski definition) is 1. The van der Waals surface area contributed by atoms with E-state index in [0.29, 0.717) is 29.3 Å². The fourth-order valence-electron chi connectivity index (χ4n) is 3.57. The molecule has 28 heavy (non-hydrogen) atoms. The summed E-state index contributed by atoms with van der Waals surface area (Å²) in [5.74, 6) is 1.22. The summed E-state index contributed by atoms with van der Waals surface area (Å²) in [6.07, 6.45) is 6.82. The van der Waals surface area contributed by atoms with E-state index in [9.17, 15) is 8.42 Å². The molecule has 1 aliphatic rings. The number of rotatable bonds is 5. The van der Waals surface area contributed by atoms with Gasteiger partial charge in [-0.2, -0.15) is 0 Å². The van der Waals surface area contributed by atoms with Gasteiger partial charge in [0, 0.05) is 12.0 Å². The van der Waals surface area contributed by atoms with Crippen LogP contribution < -0.4 is 5.14 Å². The Morgan fingerprint density at radius 1 is 1.00 bits per heavy atom. The van der Waals surface area contributed by atoms with Gasteiger partial charge in [0.05, 0.1) is 4.90 Å². The first kappa shape index (κ1) is 18.7. The van der Waals surface area contributed by atoms with Gasteiger partial charge in [-0.1, -0.05) is 54.6 Å². The topological polar surface area (TPSA) is 86.2 Å². The summed E-state index contributed by atoms with van der Waals surface area (Å²) in [5, 5.41) is 5.45. The minimum Gasteiger partial charge on any atom is -0.440 e. The summed E-state index contributed by atoms with van der Waals surface area (Å²) in [4.78, 5) is 4.76. The lowest BCUT2D eigenvalue weighted by molar-refractivity contribution is 0.492. The second-order valence-corrected chi connectivity index (χ2v) is 8.49. The Balaban J connectivity index is 1.85. The van der Waals surface area contributed by atoms with Crippen LogP contribution in [-0.2, 0) is 16.4 Å². The summed E-state index contributed by atoms with van der Waals surface area (Å²) >= 11 is 0. The van der Waals surface area contributed by atoms with Gasteiger partial charge < -0.3 is 4.42 Å². The number of nitrogens with two attached hydrogens (primary N) is 1. The van der Waals surface area contributed by atoms with Crippen LogP contribution in [0.2, 0.25) is 0 Å². The SMILES string of the molecule is NS(=O)(=O)c1ccccc1-c1nc(Cc2ccccc2)oc1C1=CCCCC1. The third-order valence-corrected chi connectivity index (χ3v) is 5.87. The fraction of sp³-hybridized carbons (Fsp3) is 0.227. The molecule has 1 aromatic heterocycles. The second kappa shape index (κ2) is 7.73. The van der Waals surface area contributed by atoms with Crippen molar-refractivity contribution in [2.24, 2.45) is 5.14 Å². The number of hydrogen-bond acceptors (Lipinski definition) is 4. The smallest absolute Gasteiger partial charge is 0.238 e. The Kier molecular flexibility index (Phi) is 5.15. The molecule has 0 atom stereocenters. The summed E-state index contributed by atoms with van der Waals surface area (Å²) in [7, 11) is -3.88. The molecule has 0 unspecified atom stereocenters. The zero-order valence-corrected chi connectivity index (χ0v) is 16.3. The van der Waals surface area contributed by atoms with Gasteiger partial charge in [0.15, 0.2) is 11.7 Å². The van der Waals surface area contributed by atoms with Crippen LogP contribution in [0.4, 0.5) is 0 Å². The molecule has 1 heterocycles. The number of benzene rings is 2. The van der Waals surface area contributed by atoms with Crippen molar-refractivity contribution in [2.45, 2.75) is 37.0 Å². The van der Waals surface area contributed by atoms with E-state index in [-0.39, 0.29) is 4.90 Å². The van der Waals surface area contributed by atoms with Gasteiger partial charge >= 0.3 is 0 Å². The first-order valence-electron chi connectivity index (χ1n) is 9.37. The monoisotopic (exact) mass is 394 g/mol. The van der Waals surface area contributed by atoms with E-state index in [1.54, 1.807) is 18.2 Å². The predicted octanol–water partition coefficient (Wildman–Crippen LogP) is 4.54. The molecule has 0 saturated carbocycles. The van der Waals surface area contributed by atoms with Crippen molar-refractivity contribution in [3.63, 3.8) is 0 Å². The zero-order chi connectivity index (χ0) is 19.6. The van der Waals surface area contributed by atoms with Gasteiger partial charge in [-0.25, -0.2) is 18.5 Å². The Labute approximate surface area is 165 Å². The largest absolute Gasteiger partial charge is 0.440 e. The van der Waals surface area contributed by atoms with E-state index < -0.39 is 10.0 Å². The van der Waals surface area contributed by atoms with Crippen LogP contribution in [-0.4, -0.2) is 13.4 Å². The highest BCUT2D eigenvalue weighted by Crippen LogP contribution is 2.37. The van der Waals surface area contributed by atoms with Gasteiger partial charge in [-0.3, -0.25) is 0 Å². The molecule has 144 valence electrons. The van der Waals surface area contributed by atoms with E-state index >= 15 is 0 Å². The molecule has 3 aromatic rings. The third-order valence-electron chi connectivity index (χ3n) is 4.90. The van der Waals surface area contributed by atoms with Gasteiger partial charge in [0.1, 0.15) is 5.69 Å². The van der Waals surface area contributed by atoms with Crippen LogP contribution in [0.15, 0.2) is 70.0 Å². The molecule has 4 rings (SSSR count). The zero-order valence-electron chi connectivity index (χ0n) is 15.5. The first-order valence-corrected chi connectivity index (χ1v) is 10.9. The Morgan fingerprint density at radius 2 is 1.75 bits per heavy atom. The lowest BCUT2D eigenvalue weighted by Crippen LogP contribution is -2.13. The van der Waals surface area contributed by atoms with Gasteiger partial charge in [0.2, 0.25) is 10.0 Å². The van der Waals surface area contributed by atoms with Crippen LogP contribution in [0.3, 0.4) is 0 Å². The molecule has 2 aromatic carbocycles. The van der Waals surface area contributed by atoms with Crippen molar-refractivity contribution < 1.29 is 12.8 Å². The average molecular weight is 394 g/mol. The summed E-state index contributed by atoms with van der Waals surface area (Å²) < 4.78 is 30.4. The summed E-state index contributed by atoms with van der Waals surface area (Å²) in [5.41, 5.74) is 3.19. The number of sulfonamides is 1. The maximum Gasteiger partial charge on any atom is 0.238 e. The van der Waals surface area contributed by atoms with E-state index in [1.165, 1.54) is 6.07 Å². The number of allylic oxidation sites excluding steroid dienone is 2. The number of nitrogens with zero attached hydrogens (tertiary/aromatic N) is 1. The van der Waals surface area contributed by atoms with Gasteiger partial charge in [0.25, 0.3) is 0 Å². The second-order valence-electron chi connectivity index (χ2n) is 6.96. The van der Waals surface area contributed by atoms with Crippen LogP contribution in [0, 0.1) is 0 Å². The standard InChI is InChI=1S/C22H22N2O3S/c23-28(25,26)19-14-8-7-13-18(19)21-22(17-11-5-2-6-12-17)27-20(24-21)15-16-9-3-1-4-10-16/h1,3-4,7-11,13-14H,2,5-6,12,15H2,(H2,23,25,26). The van der Waals surface area contributed by atoms with Crippen molar-refractivity contribution >= 4 is 15.6 Å². The summed E-state index contributed by atoms with van der Waals surface area (Å²) in [6, 6.07) is 16.6. The van der Waals surface area contributed by atoms with Crippen molar-refractivity contribution in [1.82, 2.24) is 4.98 Å². The molecule has 5 nitrogen and oxygen atoms in total. The molecule has 0 saturated heterocycles. The normalized spacial score (nSPS) is 14.7. The molecule has 0 fully saturated rings. The Hall–Kier alpha value is -2.70. The average Bonchev–Trinajstić information content (AvgIpc) is 3.12. The molecule has 2 N–H and O–H groups in total. The van der Waals surface area contributed by atoms with Gasteiger partial charge in [-0.15, -0.1) is 0 Å². The van der Waals surface area contributed by atoms with E-state index in [2.05, 4.69) is 6.08 Å². The van der Waals surface area contributed by atoms with Crippen molar-refractivity contribution in [3.8, 4) is 11.3 Å². The van der Waals surface area contributed by atoms with E-state index in [1.807, 2.05) is 30.3 Å². The predicted molar refractivity (Wildman–Crippen MR) is 109 cm³/mol. The quantitative estimate of drug-likeness (QED) is 0.688. The van der Waals surface area contributed by atoms with Gasteiger partial charge in [-0.05, 0) is 42.9 Å². The molecule has 0 bridgehead atoms. The van der Waals surface area contributed by atoms with Crippen molar-refractivity contribution in [2.75, 3.05) is 0 Å². The Morgan fingerprint density at radius 3 is 2.46 bits per heavy atom. The molecular weight excluding hydrogens is 372 g/mol. The number of primary sulfonamides is 1. The van der Waals surface area contributed by atoms with Crippen LogP contribution in [0.25, 0.3) is 16.8 Å². The lowest BCUT2D eigenvalue weighted by atomic mass is 9.95. The van der Waals surface area contributed by atoms with Crippen LogP contribution in [0.5, 0.6) is 0 Å². The maximum atomic E-state index is 12.1. The van der Waals surface area contributed by atoms with Crippen molar-refractivity contribution in [3.05, 3.63) is 77.9 Å². The molecule has 1 aliphatic carbocycles. The minimum absolute atomic E-state index is 0.0622. The van der Waals surface area contributed by atoms with E-state index in [0.717, 1.165) is 36.8 Å². The Bertz CT molecular complexity index is 1120. The molecule has 0 spiro atoms. The third kappa shape index (κ3) is 3.93. The molecule has 0 radical (unpaired) electrons. The van der Waals surface area contributed by atoms with Crippen molar-refractivity contribution in [1.29, 1.82) is 0 Å². The highest BCUT2D eigenvalue weighted by Gasteiger charge is 2.24. The minimum atomic E-state index is -3.88. The fourth-order valence-corrected chi connectivity index (χ4v) is 4.30. The van der Waals surface area contributed by atoms with Crippen LogP contribution >= 0.6 is 0 Å². The molecular formula is C22H22N2O3S. The number of oxazole rings is 1. The number of aromatic nitrogens is 1. The maximum absolute atomic E-state index is 12.1. The highest BCUT2D eigenvalue weighted by molar-refractivity contribution is 7.89. The molecule has 0 amide bonds. The highest BCUT2D eigenvalue weighted by atomic mass is 32.2.